The van der Waals surface area contributed by atoms with Gasteiger partial charge in [-0.15, -0.1) is 0 Å². The Hall–Kier alpha value is -1.94. The number of benzene rings is 1. The molecule has 2 N–H and O–H groups in total. The number of fused-ring (bicyclic) bond motifs is 1. The van der Waals surface area contributed by atoms with Crippen LogP contribution in [0, 0.1) is 13.8 Å². The molecular formula is C15H17ClN4. The molecule has 2 aromatic heterocycles. The van der Waals surface area contributed by atoms with E-state index in [2.05, 4.69) is 22.3 Å². The van der Waals surface area contributed by atoms with Gasteiger partial charge in [-0.2, -0.15) is 5.10 Å². The molecule has 1 aromatic carbocycles. The van der Waals surface area contributed by atoms with Gasteiger partial charge in [0.1, 0.15) is 0 Å². The molecule has 20 heavy (non-hydrogen) atoms. The maximum atomic E-state index is 6.42. The SMILES string of the molecule is Cc1nn(C)c(C)c1NCc1[nH]c2ccccc2c1Cl. The second-order valence-electron chi connectivity index (χ2n) is 4.99. The van der Waals surface area contributed by atoms with E-state index in [0.29, 0.717) is 6.54 Å². The fraction of sp³-hybridized carbons (Fsp3) is 0.267. The smallest absolute Gasteiger partial charge is 0.0827 e. The molecule has 0 saturated carbocycles. The van der Waals surface area contributed by atoms with Gasteiger partial charge in [-0.05, 0) is 19.9 Å². The zero-order chi connectivity index (χ0) is 14.3. The van der Waals surface area contributed by atoms with Crippen molar-refractivity contribution in [1.82, 2.24) is 14.8 Å². The van der Waals surface area contributed by atoms with E-state index in [1.165, 1.54) is 0 Å². The molecule has 0 bridgehead atoms. The lowest BCUT2D eigenvalue weighted by Crippen LogP contribution is -2.02. The number of anilines is 1. The van der Waals surface area contributed by atoms with Crippen LogP contribution >= 0.6 is 11.6 Å². The molecule has 0 fully saturated rings. The second kappa shape index (κ2) is 4.87. The minimum Gasteiger partial charge on any atom is -0.376 e. The lowest BCUT2D eigenvalue weighted by molar-refractivity contribution is 0.731. The molecule has 0 aliphatic heterocycles. The largest absolute Gasteiger partial charge is 0.376 e. The number of aromatic amines is 1. The lowest BCUT2D eigenvalue weighted by Gasteiger charge is -2.06. The van der Waals surface area contributed by atoms with E-state index in [9.17, 15) is 0 Å². The van der Waals surface area contributed by atoms with Crippen molar-refractivity contribution in [3.8, 4) is 0 Å². The van der Waals surface area contributed by atoms with Crippen molar-refractivity contribution in [1.29, 1.82) is 0 Å². The summed E-state index contributed by atoms with van der Waals surface area (Å²) >= 11 is 6.42. The molecule has 5 heteroatoms. The van der Waals surface area contributed by atoms with Gasteiger partial charge in [0, 0.05) is 18.0 Å². The van der Waals surface area contributed by atoms with Crippen molar-refractivity contribution in [3.05, 3.63) is 46.4 Å². The van der Waals surface area contributed by atoms with Crippen molar-refractivity contribution in [3.63, 3.8) is 0 Å². The second-order valence-corrected chi connectivity index (χ2v) is 5.36. The van der Waals surface area contributed by atoms with Crippen LogP contribution in [0.3, 0.4) is 0 Å². The Morgan fingerprint density at radius 2 is 2.05 bits per heavy atom. The van der Waals surface area contributed by atoms with E-state index in [1.54, 1.807) is 0 Å². The predicted molar refractivity (Wildman–Crippen MR) is 83.3 cm³/mol. The van der Waals surface area contributed by atoms with Crippen molar-refractivity contribution in [2.45, 2.75) is 20.4 Å². The highest BCUT2D eigenvalue weighted by atomic mass is 35.5. The van der Waals surface area contributed by atoms with Gasteiger partial charge in [0.15, 0.2) is 0 Å². The summed E-state index contributed by atoms with van der Waals surface area (Å²) in [6, 6.07) is 8.06. The number of nitrogens with zero attached hydrogens (tertiary/aromatic N) is 2. The standard InChI is InChI=1S/C15H17ClN4/c1-9-15(10(2)20(3)19-9)17-8-13-14(16)11-6-4-5-7-12(11)18-13/h4-7,17-18H,8H2,1-3H3. The number of hydrogen-bond acceptors (Lipinski definition) is 2. The first-order valence-electron chi connectivity index (χ1n) is 6.57. The van der Waals surface area contributed by atoms with Gasteiger partial charge in [0.2, 0.25) is 0 Å². The summed E-state index contributed by atoms with van der Waals surface area (Å²) in [6.07, 6.45) is 0. The van der Waals surface area contributed by atoms with Crippen LogP contribution in [-0.4, -0.2) is 14.8 Å². The number of hydrogen-bond donors (Lipinski definition) is 2. The summed E-state index contributed by atoms with van der Waals surface area (Å²) in [5.41, 5.74) is 5.25. The third-order valence-electron chi connectivity index (χ3n) is 3.66. The summed E-state index contributed by atoms with van der Waals surface area (Å²) in [5, 5.41) is 9.67. The Balaban J connectivity index is 1.89. The van der Waals surface area contributed by atoms with Crippen LogP contribution in [0.4, 0.5) is 5.69 Å². The quantitative estimate of drug-likeness (QED) is 0.770. The number of H-pyrrole nitrogens is 1. The van der Waals surface area contributed by atoms with Crippen molar-refractivity contribution >= 4 is 28.2 Å². The Labute approximate surface area is 122 Å². The van der Waals surface area contributed by atoms with Crippen LogP contribution in [0.15, 0.2) is 24.3 Å². The summed E-state index contributed by atoms with van der Waals surface area (Å²) < 4.78 is 1.88. The molecule has 0 atom stereocenters. The highest BCUT2D eigenvalue weighted by Crippen LogP contribution is 2.28. The molecular weight excluding hydrogens is 272 g/mol. The summed E-state index contributed by atoms with van der Waals surface area (Å²) in [5.74, 6) is 0. The number of aromatic nitrogens is 3. The molecule has 0 unspecified atom stereocenters. The first-order chi connectivity index (χ1) is 9.58. The zero-order valence-corrected chi connectivity index (χ0v) is 12.5. The Kier molecular flexibility index (Phi) is 3.18. The van der Waals surface area contributed by atoms with Gasteiger partial charge in [-0.1, -0.05) is 29.8 Å². The number of para-hydroxylation sites is 1. The molecule has 3 rings (SSSR count). The van der Waals surface area contributed by atoms with Crippen molar-refractivity contribution in [2.75, 3.05) is 5.32 Å². The average Bonchev–Trinajstić information content (AvgIpc) is 2.87. The monoisotopic (exact) mass is 288 g/mol. The van der Waals surface area contributed by atoms with E-state index < -0.39 is 0 Å². The van der Waals surface area contributed by atoms with Crippen molar-refractivity contribution in [2.24, 2.45) is 7.05 Å². The fourth-order valence-electron chi connectivity index (χ4n) is 2.49. The van der Waals surface area contributed by atoms with E-state index in [4.69, 9.17) is 11.6 Å². The number of nitrogens with one attached hydrogen (secondary N) is 2. The van der Waals surface area contributed by atoms with Gasteiger partial charge < -0.3 is 10.3 Å². The lowest BCUT2D eigenvalue weighted by atomic mass is 10.2. The Morgan fingerprint density at radius 1 is 1.30 bits per heavy atom. The molecule has 4 nitrogen and oxygen atoms in total. The predicted octanol–water partition coefficient (Wildman–Crippen LogP) is 3.78. The number of rotatable bonds is 3. The maximum Gasteiger partial charge on any atom is 0.0827 e. The topological polar surface area (TPSA) is 45.6 Å². The minimum atomic E-state index is 0.654. The van der Waals surface area contributed by atoms with Crippen LogP contribution in [0.1, 0.15) is 17.1 Å². The van der Waals surface area contributed by atoms with E-state index in [1.807, 2.05) is 42.9 Å². The highest BCUT2D eigenvalue weighted by Gasteiger charge is 2.12. The molecule has 104 valence electrons. The number of aryl methyl sites for hydroxylation is 2. The molecule has 3 aromatic rings. The van der Waals surface area contributed by atoms with Crippen LogP contribution in [0.5, 0.6) is 0 Å². The molecule has 2 heterocycles. The van der Waals surface area contributed by atoms with Crippen molar-refractivity contribution < 1.29 is 0 Å². The molecule has 0 radical (unpaired) electrons. The van der Waals surface area contributed by atoms with E-state index in [0.717, 1.165) is 38.7 Å². The van der Waals surface area contributed by atoms with Gasteiger partial charge in [0.05, 0.1) is 34.3 Å². The van der Waals surface area contributed by atoms with E-state index in [-0.39, 0.29) is 0 Å². The van der Waals surface area contributed by atoms with Gasteiger partial charge >= 0.3 is 0 Å². The van der Waals surface area contributed by atoms with Crippen LogP contribution in [0.25, 0.3) is 10.9 Å². The third kappa shape index (κ3) is 2.06. The summed E-state index contributed by atoms with van der Waals surface area (Å²) in [6.45, 7) is 4.71. The Morgan fingerprint density at radius 3 is 2.70 bits per heavy atom. The molecule has 0 spiro atoms. The van der Waals surface area contributed by atoms with Gasteiger partial charge in [0.25, 0.3) is 0 Å². The van der Waals surface area contributed by atoms with E-state index >= 15 is 0 Å². The maximum absolute atomic E-state index is 6.42. The minimum absolute atomic E-state index is 0.654. The first kappa shape index (κ1) is 13.1. The highest BCUT2D eigenvalue weighted by molar-refractivity contribution is 6.36. The third-order valence-corrected chi connectivity index (χ3v) is 4.10. The molecule has 0 aliphatic rings. The van der Waals surface area contributed by atoms with Gasteiger partial charge in [-0.25, -0.2) is 0 Å². The normalized spacial score (nSPS) is 11.2. The number of halogens is 1. The Bertz CT molecular complexity index is 770. The van der Waals surface area contributed by atoms with Crippen LogP contribution in [-0.2, 0) is 13.6 Å². The average molecular weight is 289 g/mol. The zero-order valence-electron chi connectivity index (χ0n) is 11.8. The molecule has 0 saturated heterocycles. The molecule has 0 amide bonds. The summed E-state index contributed by atoms with van der Waals surface area (Å²) in [4.78, 5) is 3.36. The summed E-state index contributed by atoms with van der Waals surface area (Å²) in [7, 11) is 1.95. The van der Waals surface area contributed by atoms with Gasteiger partial charge in [-0.3, -0.25) is 4.68 Å². The fourth-order valence-corrected chi connectivity index (χ4v) is 2.77. The van der Waals surface area contributed by atoms with Crippen LogP contribution < -0.4 is 5.32 Å². The molecule has 0 aliphatic carbocycles. The first-order valence-corrected chi connectivity index (χ1v) is 6.95. The van der Waals surface area contributed by atoms with Crippen LogP contribution in [0.2, 0.25) is 5.02 Å².